The minimum absolute atomic E-state index is 0.0318. The summed E-state index contributed by atoms with van der Waals surface area (Å²) in [7, 11) is -3.27. The van der Waals surface area contributed by atoms with Gasteiger partial charge in [0, 0.05) is 16.9 Å². The molecular formula is C16H15ClO3S. The predicted octanol–water partition coefficient (Wildman–Crippen LogP) is 2.99. The Morgan fingerprint density at radius 3 is 2.67 bits per heavy atom. The van der Waals surface area contributed by atoms with E-state index in [0.717, 1.165) is 11.1 Å². The molecule has 2 unspecified atom stereocenters. The van der Waals surface area contributed by atoms with Crippen molar-refractivity contribution < 1.29 is 13.5 Å². The van der Waals surface area contributed by atoms with Gasteiger partial charge in [0.2, 0.25) is 0 Å². The highest BCUT2D eigenvalue weighted by Gasteiger charge is 2.39. The van der Waals surface area contributed by atoms with Crippen LogP contribution in [-0.2, 0) is 9.84 Å². The zero-order valence-corrected chi connectivity index (χ0v) is 12.8. The topological polar surface area (TPSA) is 54.4 Å². The normalized spacial score (nSPS) is 21.0. The summed E-state index contributed by atoms with van der Waals surface area (Å²) in [6.07, 6.45) is 0. The summed E-state index contributed by atoms with van der Waals surface area (Å²) in [5.41, 5.74) is 1.65. The highest BCUT2D eigenvalue weighted by Crippen LogP contribution is 2.43. The largest absolute Gasteiger partial charge is 0.396 e. The molecule has 2 aromatic rings. The lowest BCUT2D eigenvalue weighted by molar-refractivity contribution is 0.252. The lowest BCUT2D eigenvalue weighted by Gasteiger charge is -2.22. The molecule has 0 aromatic heterocycles. The lowest BCUT2D eigenvalue weighted by Crippen LogP contribution is -2.17. The Labute approximate surface area is 129 Å². The van der Waals surface area contributed by atoms with Gasteiger partial charge in [-0.15, -0.1) is 0 Å². The van der Waals surface area contributed by atoms with Gasteiger partial charge < -0.3 is 5.11 Å². The second-order valence-electron chi connectivity index (χ2n) is 5.27. The van der Waals surface area contributed by atoms with Crippen LogP contribution in [0.25, 0.3) is 0 Å². The van der Waals surface area contributed by atoms with Crippen LogP contribution in [-0.4, -0.2) is 25.9 Å². The van der Waals surface area contributed by atoms with Crippen molar-refractivity contribution in [3.8, 4) is 0 Å². The summed E-state index contributed by atoms with van der Waals surface area (Å²) < 4.78 is 24.5. The Kier molecular flexibility index (Phi) is 3.78. The van der Waals surface area contributed by atoms with Gasteiger partial charge in [0.15, 0.2) is 9.84 Å². The lowest BCUT2D eigenvalue weighted by atomic mass is 9.83. The van der Waals surface area contributed by atoms with Crippen LogP contribution in [0.5, 0.6) is 0 Å². The third kappa shape index (κ3) is 2.59. The molecule has 2 atom stereocenters. The van der Waals surface area contributed by atoms with Crippen molar-refractivity contribution in [1.82, 2.24) is 0 Å². The Morgan fingerprint density at radius 1 is 1.19 bits per heavy atom. The van der Waals surface area contributed by atoms with Crippen LogP contribution in [0, 0.1) is 0 Å². The molecule has 3 nitrogen and oxygen atoms in total. The molecule has 5 heteroatoms. The Bertz CT molecular complexity index is 771. The molecule has 0 saturated heterocycles. The molecule has 1 N–H and O–H groups in total. The number of hydrogen-bond donors (Lipinski definition) is 1. The quantitative estimate of drug-likeness (QED) is 0.945. The van der Waals surface area contributed by atoms with Gasteiger partial charge in [-0.25, -0.2) is 8.42 Å². The Balaban J connectivity index is 2.08. The van der Waals surface area contributed by atoms with Crippen LogP contribution >= 0.6 is 11.6 Å². The number of sulfone groups is 1. The van der Waals surface area contributed by atoms with Gasteiger partial charge in [0.25, 0.3) is 0 Å². The zero-order chi connectivity index (χ0) is 15.0. The van der Waals surface area contributed by atoms with Crippen LogP contribution in [0.1, 0.15) is 23.0 Å². The molecule has 2 aromatic carbocycles. The minimum Gasteiger partial charge on any atom is -0.396 e. The maximum absolute atomic E-state index is 12.3. The third-order valence-corrected chi connectivity index (χ3v) is 6.09. The van der Waals surface area contributed by atoms with E-state index >= 15 is 0 Å². The fourth-order valence-electron chi connectivity index (χ4n) is 3.02. The summed E-state index contributed by atoms with van der Waals surface area (Å²) in [5.74, 6) is -0.485. The number of halogens is 1. The van der Waals surface area contributed by atoms with E-state index < -0.39 is 9.84 Å². The van der Waals surface area contributed by atoms with Crippen molar-refractivity contribution in [2.75, 3.05) is 12.4 Å². The fourth-order valence-corrected chi connectivity index (χ4v) is 5.15. The van der Waals surface area contributed by atoms with E-state index in [9.17, 15) is 13.5 Å². The standard InChI is InChI=1S/C16H15ClO3S/c17-12-5-3-4-11(8-12)14(9-18)15-10-21(19,20)16-7-2-1-6-13(15)16/h1-8,14-15,18H,9-10H2. The van der Waals surface area contributed by atoms with E-state index in [1.54, 1.807) is 24.3 Å². The highest BCUT2D eigenvalue weighted by atomic mass is 35.5. The first-order valence-electron chi connectivity index (χ1n) is 6.71. The third-order valence-electron chi connectivity index (χ3n) is 4.01. The first-order valence-corrected chi connectivity index (χ1v) is 8.74. The maximum Gasteiger partial charge on any atom is 0.179 e. The van der Waals surface area contributed by atoms with Gasteiger partial charge in [0.05, 0.1) is 17.3 Å². The van der Waals surface area contributed by atoms with Gasteiger partial charge in [-0.3, -0.25) is 0 Å². The molecule has 0 amide bonds. The number of benzene rings is 2. The van der Waals surface area contributed by atoms with E-state index in [1.807, 2.05) is 24.3 Å². The van der Waals surface area contributed by atoms with E-state index in [4.69, 9.17) is 11.6 Å². The van der Waals surface area contributed by atoms with E-state index in [2.05, 4.69) is 0 Å². The van der Waals surface area contributed by atoms with E-state index in [0.29, 0.717) is 9.92 Å². The summed E-state index contributed by atoms with van der Waals surface area (Å²) in [5, 5.41) is 10.4. The molecule has 0 bridgehead atoms. The average Bonchev–Trinajstić information content (AvgIpc) is 2.73. The Hall–Kier alpha value is -1.36. The first-order chi connectivity index (χ1) is 10.0. The number of aliphatic hydroxyl groups excluding tert-OH is 1. The average molecular weight is 323 g/mol. The van der Waals surface area contributed by atoms with Crippen molar-refractivity contribution in [3.05, 3.63) is 64.7 Å². The van der Waals surface area contributed by atoms with Crippen LogP contribution < -0.4 is 0 Å². The predicted molar refractivity (Wildman–Crippen MR) is 82.5 cm³/mol. The summed E-state index contributed by atoms with van der Waals surface area (Å²) >= 11 is 6.01. The van der Waals surface area contributed by atoms with Gasteiger partial charge >= 0.3 is 0 Å². The van der Waals surface area contributed by atoms with Crippen LogP contribution in [0.15, 0.2) is 53.4 Å². The van der Waals surface area contributed by atoms with Crippen molar-refractivity contribution in [1.29, 1.82) is 0 Å². The number of rotatable bonds is 3. The second kappa shape index (κ2) is 5.44. The number of fused-ring (bicyclic) bond motifs is 1. The van der Waals surface area contributed by atoms with Crippen molar-refractivity contribution >= 4 is 21.4 Å². The van der Waals surface area contributed by atoms with Gasteiger partial charge in [-0.05, 0) is 29.3 Å². The van der Waals surface area contributed by atoms with Crippen molar-refractivity contribution in [2.24, 2.45) is 0 Å². The molecule has 1 aliphatic heterocycles. The van der Waals surface area contributed by atoms with E-state index in [1.165, 1.54) is 0 Å². The number of aliphatic hydroxyl groups is 1. The summed E-state index contributed by atoms with van der Waals surface area (Å²) in [6.45, 7) is -0.116. The first kappa shape index (κ1) is 14.6. The van der Waals surface area contributed by atoms with Gasteiger partial charge in [-0.2, -0.15) is 0 Å². The molecule has 21 heavy (non-hydrogen) atoms. The smallest absolute Gasteiger partial charge is 0.179 e. The van der Waals surface area contributed by atoms with Crippen LogP contribution in [0.3, 0.4) is 0 Å². The highest BCUT2D eigenvalue weighted by molar-refractivity contribution is 7.91. The monoisotopic (exact) mass is 322 g/mol. The van der Waals surface area contributed by atoms with E-state index in [-0.39, 0.29) is 24.2 Å². The van der Waals surface area contributed by atoms with Crippen LogP contribution in [0.2, 0.25) is 5.02 Å². The molecule has 0 radical (unpaired) electrons. The maximum atomic E-state index is 12.3. The number of hydrogen-bond acceptors (Lipinski definition) is 3. The molecule has 0 aliphatic carbocycles. The molecule has 110 valence electrons. The van der Waals surface area contributed by atoms with Crippen molar-refractivity contribution in [2.45, 2.75) is 16.7 Å². The molecule has 3 rings (SSSR count). The second-order valence-corrected chi connectivity index (χ2v) is 7.71. The van der Waals surface area contributed by atoms with Crippen molar-refractivity contribution in [3.63, 3.8) is 0 Å². The molecule has 1 aliphatic rings. The fraction of sp³-hybridized carbons (Fsp3) is 0.250. The SMILES string of the molecule is O=S1(=O)CC(C(CO)c2cccc(Cl)c2)c2ccccc21. The summed E-state index contributed by atoms with van der Waals surface area (Å²) in [4.78, 5) is 0.385. The van der Waals surface area contributed by atoms with Gasteiger partial charge in [-0.1, -0.05) is 41.9 Å². The minimum atomic E-state index is -3.27. The summed E-state index contributed by atoms with van der Waals surface area (Å²) in [6, 6.07) is 14.3. The van der Waals surface area contributed by atoms with Gasteiger partial charge in [0.1, 0.15) is 0 Å². The molecular weight excluding hydrogens is 308 g/mol. The molecule has 0 saturated carbocycles. The molecule has 0 fully saturated rings. The molecule has 0 spiro atoms. The Morgan fingerprint density at radius 2 is 1.95 bits per heavy atom. The van der Waals surface area contributed by atoms with Crippen LogP contribution in [0.4, 0.5) is 0 Å². The zero-order valence-electron chi connectivity index (χ0n) is 11.2. The molecule has 1 heterocycles.